The average molecular weight is 243 g/mol. The number of rotatable bonds is 5. The molecule has 0 bridgehead atoms. The molecule has 0 saturated carbocycles. The van der Waals surface area contributed by atoms with Crippen LogP contribution in [-0.2, 0) is 14.2 Å². The molecule has 1 N–H and O–H groups in total. The van der Waals surface area contributed by atoms with Gasteiger partial charge >= 0.3 is 0 Å². The van der Waals surface area contributed by atoms with E-state index in [9.17, 15) is 5.11 Å². The highest BCUT2D eigenvalue weighted by Crippen LogP contribution is 2.28. The van der Waals surface area contributed by atoms with E-state index in [2.05, 4.69) is 0 Å². The zero-order valence-electron chi connectivity index (χ0n) is 11.1. The molecule has 1 aliphatic heterocycles. The van der Waals surface area contributed by atoms with Crippen molar-refractivity contribution in [3.63, 3.8) is 0 Å². The summed E-state index contributed by atoms with van der Waals surface area (Å²) in [5.74, 6) is 0.260. The lowest BCUT2D eigenvalue weighted by Crippen LogP contribution is -2.35. The molecule has 0 aromatic rings. The van der Waals surface area contributed by atoms with Gasteiger partial charge in [-0.15, -0.1) is 0 Å². The van der Waals surface area contributed by atoms with Crippen LogP contribution in [0, 0.1) is 0 Å². The van der Waals surface area contributed by atoms with Crippen LogP contribution in [0.5, 0.6) is 0 Å². The monoisotopic (exact) mass is 243 g/mol. The number of aliphatic hydroxyl groups excluding tert-OH is 1. The van der Waals surface area contributed by atoms with E-state index in [0.29, 0.717) is 12.2 Å². The fourth-order valence-corrected chi connectivity index (χ4v) is 1.88. The summed E-state index contributed by atoms with van der Waals surface area (Å²) in [5.41, 5.74) is 1.52. The maximum Gasteiger partial charge on any atom is 0.186 e. The third kappa shape index (κ3) is 2.80. The highest BCUT2D eigenvalue weighted by atomic mass is 16.7. The number of hydrogen-bond acceptors (Lipinski definition) is 5. The minimum Gasteiger partial charge on any atom is -0.510 e. The summed E-state index contributed by atoms with van der Waals surface area (Å²) >= 11 is 0. The second-order valence-corrected chi connectivity index (χ2v) is 4.03. The summed E-state index contributed by atoms with van der Waals surface area (Å²) < 4.78 is 15.6. The Hall–Kier alpha value is -1.04. The number of nitrogens with zero attached hydrogens (tertiary/aromatic N) is 1. The first-order valence-electron chi connectivity index (χ1n) is 5.47. The number of hydrogen-bond donors (Lipinski definition) is 1. The molecule has 0 aliphatic carbocycles. The minimum atomic E-state index is -0.576. The molecular weight excluding hydrogens is 222 g/mol. The van der Waals surface area contributed by atoms with Crippen molar-refractivity contribution in [2.24, 2.45) is 0 Å². The fourth-order valence-electron chi connectivity index (χ4n) is 1.88. The molecule has 1 atom stereocenters. The molecule has 1 unspecified atom stereocenters. The van der Waals surface area contributed by atoms with Crippen molar-refractivity contribution >= 4 is 0 Å². The Bertz CT molecular complexity index is 320. The lowest BCUT2D eigenvalue weighted by Gasteiger charge is -2.33. The SMILES string of the molecule is COCC1=CN(C)C(C)C(O)=C1C(OC)OC. The van der Waals surface area contributed by atoms with Crippen LogP contribution in [-0.4, -0.2) is 57.3 Å². The number of aliphatic hydroxyl groups is 1. The maximum absolute atomic E-state index is 10.2. The van der Waals surface area contributed by atoms with E-state index in [1.165, 1.54) is 0 Å². The van der Waals surface area contributed by atoms with Crippen LogP contribution in [0.25, 0.3) is 0 Å². The lowest BCUT2D eigenvalue weighted by molar-refractivity contribution is -0.0773. The van der Waals surface area contributed by atoms with Gasteiger partial charge in [0.1, 0.15) is 5.76 Å². The van der Waals surface area contributed by atoms with Gasteiger partial charge in [0.05, 0.1) is 18.2 Å². The molecule has 5 nitrogen and oxygen atoms in total. The molecule has 1 heterocycles. The molecule has 98 valence electrons. The minimum absolute atomic E-state index is 0.0987. The van der Waals surface area contributed by atoms with Gasteiger partial charge in [-0.3, -0.25) is 0 Å². The maximum atomic E-state index is 10.2. The molecular formula is C12H21NO4. The van der Waals surface area contributed by atoms with Crippen LogP contribution >= 0.6 is 0 Å². The van der Waals surface area contributed by atoms with Gasteiger partial charge in [0, 0.05) is 40.2 Å². The van der Waals surface area contributed by atoms with Crippen LogP contribution < -0.4 is 0 Å². The van der Waals surface area contributed by atoms with E-state index in [4.69, 9.17) is 14.2 Å². The summed E-state index contributed by atoms with van der Waals surface area (Å²) in [6.45, 7) is 2.32. The first kappa shape index (κ1) is 14.0. The van der Waals surface area contributed by atoms with Crippen molar-refractivity contribution in [1.29, 1.82) is 0 Å². The smallest absolute Gasteiger partial charge is 0.186 e. The largest absolute Gasteiger partial charge is 0.510 e. The van der Waals surface area contributed by atoms with E-state index in [0.717, 1.165) is 5.57 Å². The summed E-state index contributed by atoms with van der Waals surface area (Å²) in [6, 6.07) is -0.0987. The Balaban J connectivity index is 3.12. The van der Waals surface area contributed by atoms with Crippen LogP contribution in [0.2, 0.25) is 0 Å². The van der Waals surface area contributed by atoms with Gasteiger partial charge in [-0.25, -0.2) is 0 Å². The normalized spacial score (nSPS) is 21.2. The summed E-state index contributed by atoms with van der Waals surface area (Å²) in [7, 11) is 6.60. The van der Waals surface area contributed by atoms with Crippen molar-refractivity contribution in [3.05, 3.63) is 23.1 Å². The van der Waals surface area contributed by atoms with Gasteiger partial charge in [-0.2, -0.15) is 0 Å². The predicted molar refractivity (Wildman–Crippen MR) is 64.6 cm³/mol. The van der Waals surface area contributed by atoms with Gasteiger partial charge in [0.2, 0.25) is 0 Å². The second kappa shape index (κ2) is 6.05. The molecule has 0 spiro atoms. The van der Waals surface area contributed by atoms with Crippen molar-refractivity contribution in [3.8, 4) is 0 Å². The zero-order chi connectivity index (χ0) is 13.0. The molecule has 0 radical (unpaired) electrons. The van der Waals surface area contributed by atoms with Gasteiger partial charge in [-0.1, -0.05) is 0 Å². The standard InChI is InChI=1S/C12H21NO4/c1-8-11(14)10(12(16-4)17-5)9(7-15-3)6-13(8)2/h6,8,12,14H,7H2,1-5H3. The van der Waals surface area contributed by atoms with E-state index in [-0.39, 0.29) is 11.8 Å². The molecule has 17 heavy (non-hydrogen) atoms. The highest BCUT2D eigenvalue weighted by molar-refractivity contribution is 5.40. The Labute approximate surface area is 102 Å². The lowest BCUT2D eigenvalue weighted by atomic mass is 9.98. The predicted octanol–water partition coefficient (Wildman–Crippen LogP) is 1.28. The third-order valence-corrected chi connectivity index (χ3v) is 2.95. The molecule has 1 aliphatic rings. The molecule has 0 fully saturated rings. The highest BCUT2D eigenvalue weighted by Gasteiger charge is 2.29. The average Bonchev–Trinajstić information content (AvgIpc) is 2.32. The Kier molecular flexibility index (Phi) is 4.99. The topological polar surface area (TPSA) is 51.2 Å². The number of methoxy groups -OCH3 is 3. The summed E-state index contributed by atoms with van der Waals surface area (Å²) in [5, 5.41) is 10.2. The third-order valence-electron chi connectivity index (χ3n) is 2.95. The Morgan fingerprint density at radius 3 is 2.41 bits per heavy atom. The van der Waals surface area contributed by atoms with Crippen LogP contribution in [0.4, 0.5) is 0 Å². The number of ether oxygens (including phenoxy) is 3. The van der Waals surface area contributed by atoms with E-state index >= 15 is 0 Å². The first-order chi connectivity index (χ1) is 8.06. The molecule has 0 aromatic heterocycles. The van der Waals surface area contributed by atoms with Gasteiger partial charge in [0.25, 0.3) is 0 Å². The fraction of sp³-hybridized carbons (Fsp3) is 0.667. The summed E-state index contributed by atoms with van der Waals surface area (Å²) in [6.07, 6.45) is 1.36. The van der Waals surface area contributed by atoms with E-state index < -0.39 is 6.29 Å². The zero-order valence-corrected chi connectivity index (χ0v) is 11.1. The van der Waals surface area contributed by atoms with Crippen molar-refractivity contribution in [2.75, 3.05) is 35.0 Å². The molecule has 0 saturated heterocycles. The van der Waals surface area contributed by atoms with Gasteiger partial charge < -0.3 is 24.2 Å². The summed E-state index contributed by atoms with van der Waals surface area (Å²) in [4.78, 5) is 1.93. The van der Waals surface area contributed by atoms with Crippen LogP contribution in [0.3, 0.4) is 0 Å². The van der Waals surface area contributed by atoms with Crippen molar-refractivity contribution in [1.82, 2.24) is 4.90 Å². The quantitative estimate of drug-likeness (QED) is 0.737. The molecule has 1 rings (SSSR count). The van der Waals surface area contributed by atoms with Gasteiger partial charge in [0.15, 0.2) is 6.29 Å². The van der Waals surface area contributed by atoms with Crippen LogP contribution in [0.15, 0.2) is 23.1 Å². The Morgan fingerprint density at radius 2 is 1.94 bits per heavy atom. The molecule has 0 aromatic carbocycles. The Morgan fingerprint density at radius 1 is 1.35 bits per heavy atom. The molecule has 0 amide bonds. The van der Waals surface area contributed by atoms with Crippen molar-refractivity contribution < 1.29 is 19.3 Å². The van der Waals surface area contributed by atoms with Crippen molar-refractivity contribution in [2.45, 2.75) is 19.3 Å². The van der Waals surface area contributed by atoms with Crippen LogP contribution in [0.1, 0.15) is 6.92 Å². The van der Waals surface area contributed by atoms with E-state index in [1.54, 1.807) is 21.3 Å². The van der Waals surface area contributed by atoms with E-state index in [1.807, 2.05) is 25.1 Å². The molecule has 5 heteroatoms. The second-order valence-electron chi connectivity index (χ2n) is 4.03. The number of likely N-dealkylation sites (N-methyl/N-ethyl adjacent to an activating group) is 1. The van der Waals surface area contributed by atoms with Gasteiger partial charge in [-0.05, 0) is 6.92 Å². The first-order valence-corrected chi connectivity index (χ1v) is 5.47.